The Balaban J connectivity index is 1.95. The molecule has 4 heteroatoms. The number of nitrogens with one attached hydrogen (secondary N) is 1. The Morgan fingerprint density at radius 1 is 1.47 bits per heavy atom. The summed E-state index contributed by atoms with van der Waals surface area (Å²) >= 11 is 0. The number of carbonyl (C=O) groups excluding carboxylic acids is 2. The van der Waals surface area contributed by atoms with Crippen LogP contribution in [0.3, 0.4) is 0 Å². The fourth-order valence-electron chi connectivity index (χ4n) is 2.19. The highest BCUT2D eigenvalue weighted by atomic mass is 16.2. The van der Waals surface area contributed by atoms with E-state index in [2.05, 4.69) is 12.2 Å². The van der Waals surface area contributed by atoms with Gasteiger partial charge in [0, 0.05) is 6.04 Å². The standard InChI is InChI=1S/C11H16N2O2/c1-2-3-4-5-8-6-7-9-12-10(14)11(15)13(8)9/h7-8H,2-6H2,1H3,(H,12,14). The first kappa shape index (κ1) is 10.2. The predicted molar refractivity (Wildman–Crippen MR) is 55.6 cm³/mol. The second-order valence-electron chi connectivity index (χ2n) is 4.10. The summed E-state index contributed by atoms with van der Waals surface area (Å²) in [6.45, 7) is 2.16. The minimum Gasteiger partial charge on any atom is -0.304 e. The van der Waals surface area contributed by atoms with Crippen molar-refractivity contribution in [3.8, 4) is 0 Å². The van der Waals surface area contributed by atoms with Gasteiger partial charge in [0.1, 0.15) is 5.82 Å². The number of unbranched alkanes of at least 4 members (excludes halogenated alkanes) is 2. The van der Waals surface area contributed by atoms with E-state index in [0.717, 1.165) is 19.3 Å². The van der Waals surface area contributed by atoms with Gasteiger partial charge in [0.05, 0.1) is 0 Å². The summed E-state index contributed by atoms with van der Waals surface area (Å²) in [5, 5.41) is 2.58. The van der Waals surface area contributed by atoms with Crippen LogP contribution in [0.15, 0.2) is 11.9 Å². The zero-order valence-electron chi connectivity index (χ0n) is 8.95. The minimum absolute atomic E-state index is 0.206. The Kier molecular flexibility index (Phi) is 2.75. The van der Waals surface area contributed by atoms with Crippen molar-refractivity contribution in [2.45, 2.75) is 45.1 Å². The maximum atomic E-state index is 11.5. The maximum Gasteiger partial charge on any atom is 0.318 e. The first-order valence-corrected chi connectivity index (χ1v) is 5.58. The van der Waals surface area contributed by atoms with Crippen LogP contribution in [0.5, 0.6) is 0 Å². The number of fused-ring (bicyclic) bond motifs is 1. The topological polar surface area (TPSA) is 49.4 Å². The number of carbonyl (C=O) groups is 2. The Hall–Kier alpha value is -1.32. The molecule has 0 radical (unpaired) electrons. The van der Waals surface area contributed by atoms with Crippen molar-refractivity contribution in [1.29, 1.82) is 0 Å². The van der Waals surface area contributed by atoms with Gasteiger partial charge in [-0.3, -0.25) is 14.5 Å². The lowest BCUT2D eigenvalue weighted by Gasteiger charge is -2.20. The van der Waals surface area contributed by atoms with Crippen LogP contribution >= 0.6 is 0 Å². The molecular formula is C11H16N2O2. The first-order valence-electron chi connectivity index (χ1n) is 5.58. The van der Waals surface area contributed by atoms with Crippen LogP contribution in [0.4, 0.5) is 0 Å². The molecule has 1 unspecified atom stereocenters. The molecule has 2 amide bonds. The van der Waals surface area contributed by atoms with Crippen molar-refractivity contribution in [1.82, 2.24) is 10.2 Å². The highest BCUT2D eigenvalue weighted by molar-refractivity contribution is 6.38. The molecule has 0 bridgehead atoms. The normalized spacial score (nSPS) is 24.2. The van der Waals surface area contributed by atoms with Gasteiger partial charge in [-0.1, -0.05) is 26.2 Å². The third kappa shape index (κ3) is 1.76. The van der Waals surface area contributed by atoms with E-state index in [1.807, 2.05) is 6.08 Å². The van der Waals surface area contributed by atoms with Gasteiger partial charge in [0.15, 0.2) is 0 Å². The molecule has 15 heavy (non-hydrogen) atoms. The lowest BCUT2D eigenvalue weighted by molar-refractivity contribution is -0.141. The third-order valence-corrected chi connectivity index (χ3v) is 3.00. The molecule has 2 heterocycles. The van der Waals surface area contributed by atoms with Gasteiger partial charge in [-0.15, -0.1) is 0 Å². The summed E-state index contributed by atoms with van der Waals surface area (Å²) in [5.74, 6) is -0.173. The fourth-order valence-corrected chi connectivity index (χ4v) is 2.19. The molecule has 2 aliphatic rings. The van der Waals surface area contributed by atoms with Crippen molar-refractivity contribution in [3.63, 3.8) is 0 Å². The number of hydrogen-bond donors (Lipinski definition) is 1. The van der Waals surface area contributed by atoms with Gasteiger partial charge < -0.3 is 5.32 Å². The molecule has 2 rings (SSSR count). The van der Waals surface area contributed by atoms with Gasteiger partial charge in [0.2, 0.25) is 0 Å². The molecule has 1 fully saturated rings. The highest BCUT2D eigenvalue weighted by Gasteiger charge is 2.40. The Labute approximate surface area is 89.3 Å². The van der Waals surface area contributed by atoms with Crippen molar-refractivity contribution >= 4 is 11.8 Å². The second-order valence-corrected chi connectivity index (χ2v) is 4.10. The van der Waals surface area contributed by atoms with Crippen LogP contribution in [0.1, 0.15) is 39.0 Å². The smallest absolute Gasteiger partial charge is 0.304 e. The number of hydrogen-bond acceptors (Lipinski definition) is 2. The lowest BCUT2D eigenvalue weighted by atomic mass is 10.1. The monoisotopic (exact) mass is 208 g/mol. The Morgan fingerprint density at radius 3 is 3.00 bits per heavy atom. The molecule has 0 aromatic rings. The zero-order chi connectivity index (χ0) is 10.8. The Bertz CT molecular complexity index is 323. The third-order valence-electron chi connectivity index (χ3n) is 3.00. The van der Waals surface area contributed by atoms with Gasteiger partial charge in [-0.05, 0) is 18.9 Å². The van der Waals surface area contributed by atoms with Crippen LogP contribution < -0.4 is 5.32 Å². The van der Waals surface area contributed by atoms with Crippen LogP contribution in [-0.2, 0) is 9.59 Å². The van der Waals surface area contributed by atoms with Gasteiger partial charge in [0.25, 0.3) is 0 Å². The van der Waals surface area contributed by atoms with E-state index in [-0.39, 0.29) is 11.9 Å². The molecule has 82 valence electrons. The summed E-state index contributed by atoms with van der Waals surface area (Å²) in [6.07, 6.45) is 7.31. The van der Waals surface area contributed by atoms with Crippen molar-refractivity contribution in [3.05, 3.63) is 11.9 Å². The summed E-state index contributed by atoms with van der Waals surface area (Å²) in [5.41, 5.74) is 0. The van der Waals surface area contributed by atoms with E-state index < -0.39 is 5.91 Å². The van der Waals surface area contributed by atoms with E-state index in [4.69, 9.17) is 0 Å². The SMILES string of the molecule is CCCCCC1CC=C2NC(=O)C(=O)N21. The molecule has 0 saturated carbocycles. The Morgan fingerprint density at radius 2 is 2.27 bits per heavy atom. The minimum atomic E-state index is -0.485. The highest BCUT2D eigenvalue weighted by Crippen LogP contribution is 2.27. The molecule has 1 N–H and O–H groups in total. The number of amides is 2. The van der Waals surface area contributed by atoms with Gasteiger partial charge in [-0.25, -0.2) is 0 Å². The van der Waals surface area contributed by atoms with E-state index in [0.29, 0.717) is 5.82 Å². The zero-order valence-corrected chi connectivity index (χ0v) is 8.95. The molecule has 4 nitrogen and oxygen atoms in total. The molecule has 2 aliphatic heterocycles. The predicted octanol–water partition coefficient (Wildman–Crippen LogP) is 1.14. The average molecular weight is 208 g/mol. The van der Waals surface area contributed by atoms with Gasteiger partial charge >= 0.3 is 11.8 Å². The molecule has 0 aliphatic carbocycles. The summed E-state index contributed by atoms with van der Waals surface area (Å²) in [6, 6.07) is 0.206. The molecular weight excluding hydrogens is 192 g/mol. The van der Waals surface area contributed by atoms with Gasteiger partial charge in [-0.2, -0.15) is 0 Å². The number of nitrogens with zero attached hydrogens (tertiary/aromatic N) is 1. The van der Waals surface area contributed by atoms with Crippen LogP contribution in [0.25, 0.3) is 0 Å². The second kappa shape index (κ2) is 4.04. The van der Waals surface area contributed by atoms with Crippen LogP contribution in [0, 0.1) is 0 Å². The van der Waals surface area contributed by atoms with E-state index in [1.54, 1.807) is 4.90 Å². The molecule has 1 atom stereocenters. The van der Waals surface area contributed by atoms with E-state index >= 15 is 0 Å². The maximum absolute atomic E-state index is 11.5. The first-order chi connectivity index (χ1) is 7.24. The summed E-state index contributed by atoms with van der Waals surface area (Å²) in [4.78, 5) is 24.2. The molecule has 0 aromatic carbocycles. The summed E-state index contributed by atoms with van der Waals surface area (Å²) in [7, 11) is 0. The van der Waals surface area contributed by atoms with E-state index in [9.17, 15) is 9.59 Å². The van der Waals surface area contributed by atoms with Crippen LogP contribution in [0.2, 0.25) is 0 Å². The fraction of sp³-hybridized carbons (Fsp3) is 0.636. The summed E-state index contributed by atoms with van der Waals surface area (Å²) < 4.78 is 0. The van der Waals surface area contributed by atoms with E-state index in [1.165, 1.54) is 12.8 Å². The molecule has 0 spiro atoms. The molecule has 1 saturated heterocycles. The molecule has 0 aromatic heterocycles. The average Bonchev–Trinajstić information content (AvgIpc) is 2.71. The van der Waals surface area contributed by atoms with Crippen molar-refractivity contribution in [2.24, 2.45) is 0 Å². The van der Waals surface area contributed by atoms with Crippen molar-refractivity contribution < 1.29 is 9.59 Å². The quantitative estimate of drug-likeness (QED) is 0.556. The van der Waals surface area contributed by atoms with Crippen molar-refractivity contribution in [2.75, 3.05) is 0 Å². The largest absolute Gasteiger partial charge is 0.318 e. The lowest BCUT2D eigenvalue weighted by Crippen LogP contribution is -2.33. The number of rotatable bonds is 4. The van der Waals surface area contributed by atoms with Crippen LogP contribution in [-0.4, -0.2) is 22.8 Å².